The summed E-state index contributed by atoms with van der Waals surface area (Å²) < 4.78 is 43.5. The molecule has 0 aliphatic carbocycles. The Balaban J connectivity index is 2.31. The molecule has 6 heteroatoms. The highest BCUT2D eigenvalue weighted by atomic mass is 19.4. The maximum absolute atomic E-state index is 12.7. The quantitative estimate of drug-likeness (QED) is 0.900. The maximum atomic E-state index is 12.7. The summed E-state index contributed by atoms with van der Waals surface area (Å²) >= 11 is 0. The summed E-state index contributed by atoms with van der Waals surface area (Å²) in [5, 5.41) is 0. The van der Waals surface area contributed by atoms with Gasteiger partial charge >= 0.3 is 6.18 Å². The van der Waals surface area contributed by atoms with Crippen molar-refractivity contribution in [3.8, 4) is 11.6 Å². The van der Waals surface area contributed by atoms with Crippen molar-refractivity contribution in [3.63, 3.8) is 0 Å². The number of anilines is 1. The molecule has 0 aliphatic rings. The Labute approximate surface area is 120 Å². The topological polar surface area (TPSA) is 48.1 Å². The average molecular weight is 296 g/mol. The number of nitrogen functional groups attached to an aromatic ring is 1. The summed E-state index contributed by atoms with van der Waals surface area (Å²) in [6.45, 7) is 4.03. The van der Waals surface area contributed by atoms with Crippen LogP contribution in [0.3, 0.4) is 0 Å². The molecular weight excluding hydrogens is 281 g/mol. The van der Waals surface area contributed by atoms with E-state index in [0.29, 0.717) is 5.75 Å². The Bertz CT molecular complexity index is 639. The largest absolute Gasteiger partial charge is 0.439 e. The van der Waals surface area contributed by atoms with Gasteiger partial charge in [0.25, 0.3) is 0 Å². The van der Waals surface area contributed by atoms with Crippen LogP contribution in [0.2, 0.25) is 0 Å². The molecule has 112 valence electrons. The van der Waals surface area contributed by atoms with Gasteiger partial charge in [0.2, 0.25) is 5.88 Å². The fourth-order valence-electron chi connectivity index (χ4n) is 1.80. The van der Waals surface area contributed by atoms with E-state index in [1.54, 1.807) is 18.2 Å². The number of nitrogens with zero attached hydrogens (tertiary/aromatic N) is 1. The third-order valence-electron chi connectivity index (χ3n) is 2.90. The van der Waals surface area contributed by atoms with Crippen molar-refractivity contribution in [2.45, 2.75) is 25.9 Å². The molecule has 0 spiro atoms. The van der Waals surface area contributed by atoms with Crippen molar-refractivity contribution >= 4 is 5.82 Å². The van der Waals surface area contributed by atoms with Gasteiger partial charge in [-0.15, -0.1) is 0 Å². The molecule has 21 heavy (non-hydrogen) atoms. The van der Waals surface area contributed by atoms with Crippen LogP contribution >= 0.6 is 0 Å². The zero-order valence-electron chi connectivity index (χ0n) is 11.6. The Morgan fingerprint density at radius 1 is 1.14 bits per heavy atom. The Kier molecular flexibility index (Phi) is 4.06. The number of alkyl halides is 3. The van der Waals surface area contributed by atoms with Crippen molar-refractivity contribution < 1.29 is 17.9 Å². The van der Waals surface area contributed by atoms with Crippen LogP contribution in [0.15, 0.2) is 36.4 Å². The molecule has 3 nitrogen and oxygen atoms in total. The van der Waals surface area contributed by atoms with Gasteiger partial charge in [-0.1, -0.05) is 26.0 Å². The van der Waals surface area contributed by atoms with Gasteiger partial charge in [0, 0.05) is 6.07 Å². The molecule has 1 aromatic heterocycles. The summed E-state index contributed by atoms with van der Waals surface area (Å²) in [5.41, 5.74) is 5.53. The van der Waals surface area contributed by atoms with Crippen molar-refractivity contribution in [3.05, 3.63) is 47.5 Å². The monoisotopic (exact) mass is 296 g/mol. The predicted molar refractivity (Wildman–Crippen MR) is 74.3 cm³/mol. The number of pyridine rings is 1. The first-order valence-corrected chi connectivity index (χ1v) is 6.38. The number of rotatable bonds is 3. The molecule has 2 rings (SSSR count). The first kappa shape index (κ1) is 15.2. The number of halogens is 3. The number of aromatic nitrogens is 1. The Hall–Kier alpha value is -2.24. The van der Waals surface area contributed by atoms with E-state index in [0.717, 1.165) is 17.7 Å². The standard InChI is InChI=1S/C15H15F3N2O/c1-9(2)10-4-3-5-12(6-10)21-14-8-11(15(16,17)18)7-13(19)20-14/h3-9H,1-2H3,(H2,19,20). The fourth-order valence-corrected chi connectivity index (χ4v) is 1.80. The summed E-state index contributed by atoms with van der Waals surface area (Å²) in [4.78, 5) is 3.77. The maximum Gasteiger partial charge on any atom is 0.416 e. The van der Waals surface area contributed by atoms with Gasteiger partial charge in [-0.25, -0.2) is 0 Å². The predicted octanol–water partition coefficient (Wildman–Crippen LogP) is 4.60. The second-order valence-electron chi connectivity index (χ2n) is 4.95. The number of ether oxygens (including phenoxy) is 1. The van der Waals surface area contributed by atoms with Crippen LogP contribution in [0.1, 0.15) is 30.9 Å². The molecule has 0 bridgehead atoms. The van der Waals surface area contributed by atoms with Gasteiger partial charge in [0.05, 0.1) is 5.56 Å². The van der Waals surface area contributed by atoms with Crippen LogP contribution in [0, 0.1) is 0 Å². The van der Waals surface area contributed by atoms with E-state index in [2.05, 4.69) is 4.98 Å². The molecule has 0 saturated carbocycles. The van der Waals surface area contributed by atoms with E-state index in [1.165, 1.54) is 0 Å². The number of nitrogens with two attached hydrogens (primary N) is 1. The molecule has 1 heterocycles. The zero-order valence-corrected chi connectivity index (χ0v) is 11.6. The van der Waals surface area contributed by atoms with Crippen molar-refractivity contribution in [2.75, 3.05) is 5.73 Å². The molecule has 2 N–H and O–H groups in total. The Morgan fingerprint density at radius 3 is 2.48 bits per heavy atom. The van der Waals surface area contributed by atoms with E-state index in [4.69, 9.17) is 10.5 Å². The molecule has 0 saturated heterocycles. The van der Waals surface area contributed by atoms with Crippen LogP contribution in [0.25, 0.3) is 0 Å². The van der Waals surface area contributed by atoms with Crippen LogP contribution in [0.4, 0.5) is 19.0 Å². The normalized spacial score (nSPS) is 11.7. The van der Waals surface area contributed by atoms with Gasteiger partial charge < -0.3 is 10.5 Å². The number of hydrogen-bond acceptors (Lipinski definition) is 3. The summed E-state index contributed by atoms with van der Waals surface area (Å²) in [6.07, 6.45) is -4.49. The van der Waals surface area contributed by atoms with Gasteiger partial charge in [0.1, 0.15) is 11.6 Å². The van der Waals surface area contributed by atoms with Gasteiger partial charge in [0.15, 0.2) is 0 Å². The smallest absolute Gasteiger partial charge is 0.416 e. The van der Waals surface area contributed by atoms with E-state index in [9.17, 15) is 13.2 Å². The second-order valence-corrected chi connectivity index (χ2v) is 4.95. The number of benzene rings is 1. The second kappa shape index (κ2) is 5.63. The molecule has 0 radical (unpaired) electrons. The van der Waals surface area contributed by atoms with Crippen molar-refractivity contribution in [1.82, 2.24) is 4.98 Å². The van der Waals surface area contributed by atoms with Gasteiger partial charge in [-0.2, -0.15) is 18.2 Å². The van der Waals surface area contributed by atoms with Crippen LogP contribution < -0.4 is 10.5 Å². The molecule has 0 aliphatic heterocycles. The lowest BCUT2D eigenvalue weighted by Gasteiger charge is -2.12. The molecule has 1 aromatic carbocycles. The van der Waals surface area contributed by atoms with Gasteiger partial charge in [-0.05, 0) is 29.7 Å². The first-order valence-electron chi connectivity index (χ1n) is 6.38. The third-order valence-corrected chi connectivity index (χ3v) is 2.90. The molecule has 0 amide bonds. The highest BCUT2D eigenvalue weighted by molar-refractivity contribution is 5.40. The van der Waals surface area contributed by atoms with Crippen molar-refractivity contribution in [2.24, 2.45) is 0 Å². The summed E-state index contributed by atoms with van der Waals surface area (Å²) in [5.74, 6) is 0.295. The molecule has 0 atom stereocenters. The molecule has 2 aromatic rings. The third kappa shape index (κ3) is 3.87. The molecule has 0 unspecified atom stereocenters. The lowest BCUT2D eigenvalue weighted by Crippen LogP contribution is -2.07. The van der Waals surface area contributed by atoms with Crippen LogP contribution in [-0.2, 0) is 6.18 Å². The summed E-state index contributed by atoms with van der Waals surface area (Å²) in [7, 11) is 0. The molecule has 0 fully saturated rings. The van der Waals surface area contributed by atoms with E-state index in [-0.39, 0.29) is 17.6 Å². The van der Waals surface area contributed by atoms with E-state index < -0.39 is 11.7 Å². The minimum absolute atomic E-state index is 0.178. The highest BCUT2D eigenvalue weighted by Crippen LogP contribution is 2.33. The van der Waals surface area contributed by atoms with Gasteiger partial charge in [-0.3, -0.25) is 0 Å². The molecular formula is C15H15F3N2O. The van der Waals surface area contributed by atoms with Crippen LogP contribution in [0.5, 0.6) is 11.6 Å². The van der Waals surface area contributed by atoms with E-state index >= 15 is 0 Å². The highest BCUT2D eigenvalue weighted by Gasteiger charge is 2.31. The fraction of sp³-hybridized carbons (Fsp3) is 0.267. The SMILES string of the molecule is CC(C)c1cccc(Oc2cc(C(F)(F)F)cc(N)n2)c1. The minimum atomic E-state index is -4.49. The van der Waals surface area contributed by atoms with E-state index in [1.807, 2.05) is 19.9 Å². The lowest BCUT2D eigenvalue weighted by molar-refractivity contribution is -0.137. The van der Waals surface area contributed by atoms with Crippen molar-refractivity contribution in [1.29, 1.82) is 0 Å². The average Bonchev–Trinajstić information content (AvgIpc) is 2.37. The summed E-state index contributed by atoms with van der Waals surface area (Å²) in [6, 6.07) is 8.73. The minimum Gasteiger partial charge on any atom is -0.439 e. The zero-order chi connectivity index (χ0) is 15.6. The van der Waals surface area contributed by atoms with Crippen LogP contribution in [-0.4, -0.2) is 4.98 Å². The first-order chi connectivity index (χ1) is 9.75. The lowest BCUT2D eigenvalue weighted by atomic mass is 10.0. The Morgan fingerprint density at radius 2 is 1.86 bits per heavy atom. The number of hydrogen-bond donors (Lipinski definition) is 1.